The van der Waals surface area contributed by atoms with Crippen LogP contribution in [0.5, 0.6) is 17.2 Å². The topological polar surface area (TPSA) is 282 Å². The Bertz CT molecular complexity index is 2370. The average Bonchev–Trinajstić information content (AvgIpc) is 3.77. The van der Waals surface area contributed by atoms with E-state index in [0.29, 0.717) is 23.1 Å². The summed E-state index contributed by atoms with van der Waals surface area (Å²) in [5, 5.41) is 51.9. The van der Waals surface area contributed by atoms with Gasteiger partial charge in [0.1, 0.15) is 17.4 Å². The maximum atomic E-state index is 11.7. The minimum Gasteiger partial charge on any atom is -0.493 e. The van der Waals surface area contributed by atoms with Gasteiger partial charge in [-0.15, -0.1) is 0 Å². The summed E-state index contributed by atoms with van der Waals surface area (Å²) >= 11 is 0. The molecular formula is C39H47N5O15. The highest BCUT2D eigenvalue weighted by Gasteiger charge is 2.65. The molecule has 2 fully saturated rings. The van der Waals surface area contributed by atoms with Gasteiger partial charge in [-0.1, -0.05) is 18.2 Å². The van der Waals surface area contributed by atoms with Crippen LogP contribution >= 0.6 is 0 Å². The van der Waals surface area contributed by atoms with Gasteiger partial charge in [0.25, 0.3) is 5.56 Å². The Hall–Kier alpha value is -6.09. The largest absolute Gasteiger partial charge is 0.493 e. The van der Waals surface area contributed by atoms with Crippen LogP contribution in [0.15, 0.2) is 52.3 Å². The van der Waals surface area contributed by atoms with Gasteiger partial charge in [0.05, 0.1) is 19.5 Å². The number of aliphatic hydroxyl groups excluding tert-OH is 3. The number of carbonyl (C=O) groups excluding carboxylic acids is 1. The number of piperidine rings is 1. The third kappa shape index (κ3) is 8.16. The van der Waals surface area contributed by atoms with Crippen molar-refractivity contribution in [2.24, 2.45) is 27.1 Å². The molecule has 1 saturated carbocycles. The van der Waals surface area contributed by atoms with Crippen molar-refractivity contribution in [1.29, 1.82) is 0 Å². The Morgan fingerprint density at radius 3 is 2.15 bits per heavy atom. The van der Waals surface area contributed by atoms with Crippen LogP contribution in [0.1, 0.15) is 47.7 Å². The molecule has 4 aliphatic rings. The van der Waals surface area contributed by atoms with E-state index in [4.69, 9.17) is 35.0 Å². The summed E-state index contributed by atoms with van der Waals surface area (Å²) in [4.78, 5) is 70.4. The predicted molar refractivity (Wildman–Crippen MR) is 206 cm³/mol. The number of aryl methyl sites for hydroxylation is 2. The number of aliphatic hydroxyl groups is 3. The lowest BCUT2D eigenvalue weighted by atomic mass is 9.51. The number of benzene rings is 2. The van der Waals surface area contributed by atoms with Crippen molar-refractivity contribution in [3.63, 3.8) is 0 Å². The van der Waals surface area contributed by atoms with E-state index >= 15 is 0 Å². The average molecular weight is 826 g/mol. The number of methoxy groups -OCH3 is 1. The van der Waals surface area contributed by atoms with Crippen LogP contribution in [0.4, 0.5) is 0 Å². The van der Waals surface area contributed by atoms with Crippen molar-refractivity contribution >= 4 is 35.0 Å². The quantitative estimate of drug-likeness (QED) is 0.109. The van der Waals surface area contributed by atoms with Crippen molar-refractivity contribution in [2.75, 3.05) is 20.7 Å². The molecule has 2 bridgehead atoms. The molecule has 0 unspecified atom stereocenters. The lowest BCUT2D eigenvalue weighted by Crippen LogP contribution is -2.66. The second-order valence-electron chi connectivity index (χ2n) is 14.7. The number of hydrogen-bond donors (Lipinski definition) is 6. The number of esters is 1. The standard InChI is InChI=1S/C18H23NO3.C9H8O4.C8H10N4O2.C4H6O6/c1-19-8-7-18-11-4-5-13(20)17(18)22-16-14(21-2)6-3-10(15(16)18)9-12(11)19;1-6(10)13-8-5-3-2-4-7(8)9(11)12;1-10-4-9-6-5(10)7(13)12(3)8(14)11(6)2;5-1(3(7)8)2(6)4(9)10/h3,6,11-13,17,20H,4-5,7-9H2,1-2H3;2-5H,1H3,(H,11,12);4H,1-3H3;1-2,5-6H,(H,7,8)(H,9,10)/t11-,12+,13-,17-,18-;;;1-,2-/m0..1/s1. The zero-order chi connectivity index (χ0) is 43.7. The van der Waals surface area contributed by atoms with Gasteiger partial charge in [0, 0.05) is 45.1 Å². The van der Waals surface area contributed by atoms with Crippen molar-refractivity contribution in [2.45, 2.75) is 68.5 Å². The normalized spacial score (nSPS) is 22.9. The van der Waals surface area contributed by atoms with Crippen molar-refractivity contribution in [1.82, 2.24) is 23.6 Å². The van der Waals surface area contributed by atoms with E-state index in [1.807, 2.05) is 6.07 Å². The second kappa shape index (κ2) is 17.4. The van der Waals surface area contributed by atoms with Gasteiger partial charge < -0.3 is 54.3 Å². The van der Waals surface area contributed by atoms with Crippen LogP contribution in [0.25, 0.3) is 11.2 Å². The number of carboxylic acid groups (broad SMARTS) is 3. The first-order valence-electron chi connectivity index (χ1n) is 18.4. The Morgan fingerprint density at radius 2 is 1.56 bits per heavy atom. The summed E-state index contributed by atoms with van der Waals surface area (Å²) in [6.07, 6.45) is 0.678. The summed E-state index contributed by atoms with van der Waals surface area (Å²) in [5.41, 5.74) is 2.94. The number of likely N-dealkylation sites (N-methyl/N-ethyl adjacent to an activating group) is 1. The van der Waals surface area contributed by atoms with Gasteiger partial charge in [-0.25, -0.2) is 24.2 Å². The number of likely N-dealkylation sites (tertiary alicyclic amines) is 1. The van der Waals surface area contributed by atoms with E-state index in [0.717, 1.165) is 48.3 Å². The molecule has 4 aromatic rings. The second-order valence-corrected chi connectivity index (χ2v) is 14.7. The maximum Gasteiger partial charge on any atom is 0.339 e. The van der Waals surface area contributed by atoms with Gasteiger partial charge in [-0.3, -0.25) is 18.7 Å². The number of ether oxygens (including phenoxy) is 3. The first-order valence-corrected chi connectivity index (χ1v) is 18.4. The molecule has 20 heteroatoms. The van der Waals surface area contributed by atoms with Crippen LogP contribution in [0.3, 0.4) is 0 Å². The van der Waals surface area contributed by atoms with Crippen molar-refractivity contribution < 1.29 is 64.0 Å². The molecule has 318 valence electrons. The highest BCUT2D eigenvalue weighted by Crippen LogP contribution is 2.63. The van der Waals surface area contributed by atoms with E-state index in [9.17, 15) is 33.9 Å². The SMILES string of the molecule is CC(=O)Oc1ccccc1C(=O)O.COc1ccc2c3c1O[C@H]1[C@@H](O)CC[C@H]4[C@@H](C2)N(C)CC[C@@]341.Cn1c(=O)c2c(ncn2C)n(C)c1=O.O=C(O)[C@H](O)[C@@H](O)C(=O)O. The Kier molecular flexibility index (Phi) is 13.0. The minimum absolute atomic E-state index is 0.00625. The zero-order valence-electron chi connectivity index (χ0n) is 33.1. The van der Waals surface area contributed by atoms with E-state index in [2.05, 4.69) is 27.7 Å². The molecule has 2 aromatic heterocycles. The number of para-hydroxylation sites is 1. The number of aromatic nitrogens is 4. The molecular weight excluding hydrogens is 778 g/mol. The Balaban J connectivity index is 0.000000158. The molecule has 0 amide bonds. The van der Waals surface area contributed by atoms with E-state index < -0.39 is 36.1 Å². The number of carboxylic acids is 3. The monoisotopic (exact) mass is 825 g/mol. The molecule has 4 heterocycles. The van der Waals surface area contributed by atoms with Gasteiger partial charge in [0.15, 0.2) is 34.9 Å². The lowest BCUT2D eigenvalue weighted by Gasteiger charge is -2.58. The molecule has 2 aliphatic carbocycles. The number of nitrogens with zero attached hydrogens (tertiary/aromatic N) is 5. The highest BCUT2D eigenvalue weighted by atomic mass is 16.5. The third-order valence-corrected chi connectivity index (χ3v) is 11.3. The highest BCUT2D eigenvalue weighted by molar-refractivity contribution is 5.91. The summed E-state index contributed by atoms with van der Waals surface area (Å²) in [5.74, 6) is -2.77. The molecule has 6 N–H and O–H groups in total. The fourth-order valence-electron chi connectivity index (χ4n) is 8.49. The van der Waals surface area contributed by atoms with E-state index in [1.54, 1.807) is 37.9 Å². The first-order chi connectivity index (χ1) is 27.8. The number of imidazole rings is 1. The molecule has 7 atom stereocenters. The molecule has 0 radical (unpaired) electrons. The van der Waals surface area contributed by atoms with Gasteiger partial charge in [-0.2, -0.15) is 0 Å². The molecule has 59 heavy (non-hydrogen) atoms. The lowest BCUT2D eigenvalue weighted by molar-refractivity contribution is -0.165. The Labute approximate surface area is 336 Å². The number of carbonyl (C=O) groups is 4. The van der Waals surface area contributed by atoms with Gasteiger partial charge >= 0.3 is 29.6 Å². The van der Waals surface area contributed by atoms with Crippen LogP contribution < -0.4 is 25.5 Å². The smallest absolute Gasteiger partial charge is 0.339 e. The zero-order valence-corrected chi connectivity index (χ0v) is 33.1. The molecule has 2 aliphatic heterocycles. The summed E-state index contributed by atoms with van der Waals surface area (Å²) in [6.45, 7) is 2.31. The molecule has 1 spiro atoms. The molecule has 2 aromatic carbocycles. The van der Waals surface area contributed by atoms with Crippen LogP contribution in [0, 0.1) is 5.92 Å². The first kappa shape index (κ1) is 44.0. The van der Waals surface area contributed by atoms with Crippen molar-refractivity contribution in [3.05, 3.63) is 80.3 Å². The number of hydrogen-bond acceptors (Lipinski definition) is 14. The number of rotatable bonds is 6. The number of aliphatic carboxylic acids is 2. The fourth-order valence-corrected chi connectivity index (χ4v) is 8.49. The van der Waals surface area contributed by atoms with Crippen LogP contribution in [-0.2, 0) is 47.4 Å². The number of aromatic carboxylic acids is 1. The van der Waals surface area contributed by atoms with Crippen LogP contribution in [0.2, 0.25) is 0 Å². The number of fused-ring (bicyclic) bond motifs is 1. The third-order valence-electron chi connectivity index (χ3n) is 11.3. The summed E-state index contributed by atoms with van der Waals surface area (Å²) in [6, 6.07) is 10.8. The predicted octanol–water partition coefficient (Wildman–Crippen LogP) is -0.117. The fraction of sp³-hybridized carbons (Fsp3) is 0.462. The minimum atomic E-state index is -2.27. The maximum absolute atomic E-state index is 11.7. The van der Waals surface area contributed by atoms with Crippen molar-refractivity contribution in [3.8, 4) is 17.2 Å². The molecule has 20 nitrogen and oxygen atoms in total. The molecule has 1 saturated heterocycles. The van der Waals surface area contributed by atoms with Gasteiger partial charge in [0.2, 0.25) is 0 Å². The van der Waals surface area contributed by atoms with E-state index in [1.165, 1.54) is 48.1 Å². The Morgan fingerprint density at radius 1 is 0.915 bits per heavy atom. The van der Waals surface area contributed by atoms with E-state index in [-0.39, 0.29) is 40.2 Å². The van der Waals surface area contributed by atoms with Crippen LogP contribution in [-0.4, -0.2) is 129 Å². The van der Waals surface area contributed by atoms with Gasteiger partial charge in [-0.05, 0) is 69.0 Å². The summed E-state index contributed by atoms with van der Waals surface area (Å²) < 4.78 is 20.6. The summed E-state index contributed by atoms with van der Waals surface area (Å²) in [7, 11) is 8.73. The molecule has 8 rings (SSSR count).